The molecule has 9 heteroatoms. The minimum Gasteiger partial charge on any atom is -0.444 e. The number of aliphatic imine (C=N–C) groups is 1. The molecule has 26 heavy (non-hydrogen) atoms. The first-order valence-corrected chi connectivity index (χ1v) is 9.09. The van der Waals surface area contributed by atoms with Crippen LogP contribution in [0.3, 0.4) is 0 Å². The number of ether oxygens (including phenoxy) is 1. The van der Waals surface area contributed by atoms with Gasteiger partial charge >= 0.3 is 6.09 Å². The monoisotopic (exact) mass is 498 g/mol. The minimum atomic E-state index is -0.509. The smallest absolute Gasteiger partial charge is 0.407 e. The molecule has 0 fully saturated rings. The van der Waals surface area contributed by atoms with Crippen molar-refractivity contribution in [2.75, 3.05) is 32.4 Å². The van der Waals surface area contributed by atoms with Gasteiger partial charge in [0.25, 0.3) is 0 Å². The number of amides is 1. The predicted octanol–water partition coefficient (Wildman–Crippen LogP) is 3.23. The summed E-state index contributed by atoms with van der Waals surface area (Å²) in [6.45, 7) is 7.01. The number of nitrogens with zero attached hydrogens (tertiary/aromatic N) is 1. The lowest BCUT2D eigenvalue weighted by Gasteiger charge is -2.19. The molecule has 0 spiro atoms. The van der Waals surface area contributed by atoms with E-state index in [2.05, 4.69) is 20.9 Å². The van der Waals surface area contributed by atoms with Crippen molar-refractivity contribution in [2.45, 2.75) is 31.3 Å². The summed E-state index contributed by atoms with van der Waals surface area (Å²) in [5.41, 5.74) is -0.509. The Balaban J connectivity index is 0.00000625. The first-order chi connectivity index (χ1) is 11.8. The highest BCUT2D eigenvalue weighted by Crippen LogP contribution is 2.20. The van der Waals surface area contributed by atoms with Gasteiger partial charge in [-0.3, -0.25) is 4.99 Å². The normalized spacial score (nSPS) is 11.3. The maximum Gasteiger partial charge on any atom is 0.407 e. The molecule has 0 unspecified atom stereocenters. The molecule has 0 aromatic heterocycles. The number of hydrogen-bond acceptors (Lipinski definition) is 4. The van der Waals surface area contributed by atoms with Gasteiger partial charge in [0.05, 0.1) is 0 Å². The molecule has 0 aliphatic heterocycles. The molecule has 0 aliphatic rings. The molecule has 1 aromatic rings. The first kappa shape index (κ1) is 24.8. The van der Waals surface area contributed by atoms with Crippen molar-refractivity contribution in [3.63, 3.8) is 0 Å². The predicted molar refractivity (Wildman–Crippen MR) is 116 cm³/mol. The highest BCUT2D eigenvalue weighted by molar-refractivity contribution is 14.0. The van der Waals surface area contributed by atoms with Crippen molar-refractivity contribution in [2.24, 2.45) is 4.99 Å². The number of carbonyl (C=O) groups excluding carboxylic acids is 1. The van der Waals surface area contributed by atoms with Gasteiger partial charge in [-0.05, 0) is 32.9 Å². The standard InChI is InChI=1S/C17H27FN4O2S.HI/c1-17(2,3)24-16(23)22-10-9-20-15(19-4)21-11-12-25-14-8-6-5-7-13(14)18;/h5-8H,9-12H2,1-4H3,(H,22,23)(H2,19,20,21);1H. The van der Waals surface area contributed by atoms with E-state index in [4.69, 9.17) is 4.74 Å². The van der Waals surface area contributed by atoms with Crippen molar-refractivity contribution >= 4 is 47.8 Å². The zero-order chi connectivity index (χ0) is 18.7. The topological polar surface area (TPSA) is 74.8 Å². The van der Waals surface area contributed by atoms with Gasteiger partial charge in [-0.2, -0.15) is 0 Å². The Kier molecular flexibility index (Phi) is 12.4. The zero-order valence-electron chi connectivity index (χ0n) is 15.6. The van der Waals surface area contributed by atoms with Gasteiger partial charge < -0.3 is 20.7 Å². The van der Waals surface area contributed by atoms with Crippen LogP contribution in [-0.4, -0.2) is 50.1 Å². The van der Waals surface area contributed by atoms with Crippen LogP contribution < -0.4 is 16.0 Å². The molecule has 0 atom stereocenters. The van der Waals surface area contributed by atoms with Crippen molar-refractivity contribution in [1.82, 2.24) is 16.0 Å². The fraction of sp³-hybridized carbons (Fsp3) is 0.529. The van der Waals surface area contributed by atoms with Gasteiger partial charge in [0.1, 0.15) is 11.4 Å². The van der Waals surface area contributed by atoms with Crippen LogP contribution in [0.25, 0.3) is 0 Å². The van der Waals surface area contributed by atoms with Crippen molar-refractivity contribution in [3.05, 3.63) is 30.1 Å². The second kappa shape index (κ2) is 13.0. The third-order valence-corrected chi connectivity index (χ3v) is 3.85. The molecule has 148 valence electrons. The number of rotatable bonds is 7. The van der Waals surface area contributed by atoms with E-state index in [1.54, 1.807) is 19.2 Å². The molecule has 0 aliphatic carbocycles. The summed E-state index contributed by atoms with van der Waals surface area (Å²) in [4.78, 5) is 16.2. The quantitative estimate of drug-likeness (QED) is 0.177. The van der Waals surface area contributed by atoms with Crippen LogP contribution in [0.5, 0.6) is 0 Å². The fourth-order valence-corrected chi connectivity index (χ4v) is 2.58. The summed E-state index contributed by atoms with van der Waals surface area (Å²) in [6, 6.07) is 6.70. The summed E-state index contributed by atoms with van der Waals surface area (Å²) in [5.74, 6) is 1.13. The van der Waals surface area contributed by atoms with Crippen molar-refractivity contribution < 1.29 is 13.9 Å². The summed E-state index contributed by atoms with van der Waals surface area (Å²) < 4.78 is 18.6. The number of alkyl carbamates (subject to hydrolysis) is 1. The van der Waals surface area contributed by atoms with Crippen LogP contribution in [0.1, 0.15) is 20.8 Å². The van der Waals surface area contributed by atoms with Crippen LogP contribution in [0.4, 0.5) is 9.18 Å². The molecule has 0 saturated carbocycles. The van der Waals surface area contributed by atoms with Crippen LogP contribution in [0, 0.1) is 5.82 Å². The van der Waals surface area contributed by atoms with E-state index < -0.39 is 11.7 Å². The third kappa shape index (κ3) is 11.4. The lowest BCUT2D eigenvalue weighted by atomic mass is 10.2. The Morgan fingerprint density at radius 2 is 1.77 bits per heavy atom. The summed E-state index contributed by atoms with van der Waals surface area (Å²) in [6.07, 6.45) is -0.446. The van der Waals surface area contributed by atoms with Crippen molar-refractivity contribution in [3.8, 4) is 0 Å². The minimum absolute atomic E-state index is 0. The first-order valence-electron chi connectivity index (χ1n) is 8.10. The Bertz CT molecular complexity index is 582. The number of hydrogen-bond donors (Lipinski definition) is 3. The highest BCUT2D eigenvalue weighted by atomic mass is 127. The lowest BCUT2D eigenvalue weighted by Crippen LogP contribution is -2.43. The number of thioether (sulfide) groups is 1. The van der Waals surface area contributed by atoms with Crippen molar-refractivity contribution in [1.29, 1.82) is 0 Å². The van der Waals surface area contributed by atoms with E-state index in [-0.39, 0.29) is 29.8 Å². The summed E-state index contributed by atoms with van der Waals surface area (Å²) >= 11 is 1.44. The van der Waals surface area contributed by atoms with Gasteiger partial charge in [0.15, 0.2) is 5.96 Å². The lowest BCUT2D eigenvalue weighted by molar-refractivity contribution is 0.0529. The van der Waals surface area contributed by atoms with Crippen LogP contribution >= 0.6 is 35.7 Å². The van der Waals surface area contributed by atoms with Gasteiger partial charge in [-0.1, -0.05) is 12.1 Å². The van der Waals surface area contributed by atoms with E-state index >= 15 is 0 Å². The van der Waals surface area contributed by atoms with Gasteiger partial charge in [0.2, 0.25) is 0 Å². The highest BCUT2D eigenvalue weighted by Gasteiger charge is 2.15. The average Bonchev–Trinajstić information content (AvgIpc) is 2.53. The summed E-state index contributed by atoms with van der Waals surface area (Å²) in [7, 11) is 1.67. The maximum atomic E-state index is 13.5. The van der Waals surface area contributed by atoms with Crippen LogP contribution in [0.15, 0.2) is 34.2 Å². The number of halogens is 2. The molecule has 0 saturated heterocycles. The fourth-order valence-electron chi connectivity index (χ4n) is 1.77. The Morgan fingerprint density at radius 1 is 1.15 bits per heavy atom. The molecule has 1 amide bonds. The summed E-state index contributed by atoms with van der Waals surface area (Å²) in [5, 5.41) is 8.88. The number of carbonyl (C=O) groups is 1. The van der Waals surface area contributed by atoms with E-state index in [1.807, 2.05) is 26.8 Å². The second-order valence-electron chi connectivity index (χ2n) is 6.13. The number of nitrogens with one attached hydrogen (secondary N) is 3. The second-order valence-corrected chi connectivity index (χ2v) is 7.27. The number of benzene rings is 1. The molecule has 0 bridgehead atoms. The molecule has 6 nitrogen and oxygen atoms in total. The third-order valence-electron chi connectivity index (χ3n) is 2.80. The Hall–Kier alpha value is -1.23. The molecule has 0 radical (unpaired) electrons. The van der Waals surface area contributed by atoms with E-state index in [0.717, 1.165) is 0 Å². The average molecular weight is 498 g/mol. The molecular weight excluding hydrogens is 470 g/mol. The SMILES string of the molecule is CN=C(NCCNC(=O)OC(C)(C)C)NCCSc1ccccc1F.I. The van der Waals surface area contributed by atoms with E-state index in [9.17, 15) is 9.18 Å². The molecule has 1 rings (SSSR count). The van der Waals surface area contributed by atoms with E-state index in [0.29, 0.717) is 36.2 Å². The Morgan fingerprint density at radius 3 is 2.38 bits per heavy atom. The number of guanidine groups is 1. The molecule has 1 aromatic carbocycles. The zero-order valence-corrected chi connectivity index (χ0v) is 18.7. The van der Waals surface area contributed by atoms with Gasteiger partial charge in [-0.15, -0.1) is 35.7 Å². The van der Waals surface area contributed by atoms with Gasteiger partial charge in [0, 0.05) is 37.3 Å². The molecule has 0 heterocycles. The maximum absolute atomic E-state index is 13.5. The van der Waals surface area contributed by atoms with Gasteiger partial charge in [-0.25, -0.2) is 9.18 Å². The van der Waals surface area contributed by atoms with Crippen LogP contribution in [-0.2, 0) is 4.74 Å². The van der Waals surface area contributed by atoms with Crippen LogP contribution in [0.2, 0.25) is 0 Å². The van der Waals surface area contributed by atoms with E-state index in [1.165, 1.54) is 17.8 Å². The largest absolute Gasteiger partial charge is 0.444 e. The Labute approximate surface area is 176 Å². The molecular formula is C17H28FIN4O2S. The molecule has 3 N–H and O–H groups in total.